The van der Waals surface area contributed by atoms with Crippen molar-refractivity contribution in [3.8, 4) is 0 Å². The quantitative estimate of drug-likeness (QED) is 0.767. The van der Waals surface area contributed by atoms with Gasteiger partial charge in [0.05, 0.1) is 5.92 Å². The van der Waals surface area contributed by atoms with Crippen molar-refractivity contribution < 1.29 is 4.39 Å². The third kappa shape index (κ3) is 2.77. The third-order valence-corrected chi connectivity index (χ3v) is 4.02. The second kappa shape index (κ2) is 5.93. The molecule has 0 saturated heterocycles. The predicted molar refractivity (Wildman–Crippen MR) is 89.4 cm³/mol. The molecule has 0 aromatic heterocycles. The summed E-state index contributed by atoms with van der Waals surface area (Å²) >= 11 is 5.97. The van der Waals surface area contributed by atoms with E-state index in [0.717, 1.165) is 16.8 Å². The van der Waals surface area contributed by atoms with Crippen molar-refractivity contribution in [3.05, 3.63) is 76.7 Å². The normalized spacial score (nSPS) is 18.0. The number of benzene rings is 2. The van der Waals surface area contributed by atoms with Crippen molar-refractivity contribution >= 4 is 22.9 Å². The summed E-state index contributed by atoms with van der Waals surface area (Å²) in [6, 6.07) is 14.4. The molecule has 0 spiro atoms. The standard InChI is InChI=1S/C18H16ClFN2/c1-12-18(15-5-3-4-6-17(15)20)16(11-22(2)21-12)13-7-9-14(19)10-8-13/h3-11,18H,1-2H3. The van der Waals surface area contributed by atoms with Crippen LogP contribution < -0.4 is 0 Å². The van der Waals surface area contributed by atoms with Crippen LogP contribution in [0.15, 0.2) is 59.8 Å². The SMILES string of the molecule is CC1=NN(C)C=C(c2ccc(Cl)cc2)C1c1ccccc1F. The Bertz CT molecular complexity index is 750. The van der Waals surface area contributed by atoms with E-state index in [0.29, 0.717) is 10.6 Å². The molecule has 1 aliphatic rings. The number of allylic oxidation sites excluding steroid dienone is 1. The molecule has 1 heterocycles. The van der Waals surface area contributed by atoms with Crippen LogP contribution in [-0.2, 0) is 0 Å². The number of nitrogens with zero attached hydrogens (tertiary/aromatic N) is 2. The topological polar surface area (TPSA) is 15.6 Å². The fourth-order valence-corrected chi connectivity index (χ4v) is 2.95. The molecule has 2 nitrogen and oxygen atoms in total. The maximum atomic E-state index is 14.3. The van der Waals surface area contributed by atoms with Gasteiger partial charge in [-0.25, -0.2) is 4.39 Å². The lowest BCUT2D eigenvalue weighted by Crippen LogP contribution is -2.22. The second-order valence-electron chi connectivity index (χ2n) is 5.36. The molecule has 112 valence electrons. The summed E-state index contributed by atoms with van der Waals surface area (Å²) in [5, 5.41) is 6.90. The second-order valence-corrected chi connectivity index (χ2v) is 5.80. The zero-order valence-electron chi connectivity index (χ0n) is 12.4. The first-order valence-corrected chi connectivity index (χ1v) is 7.44. The van der Waals surface area contributed by atoms with Gasteiger partial charge in [0, 0.05) is 29.5 Å². The van der Waals surface area contributed by atoms with Crippen LogP contribution in [0.5, 0.6) is 0 Å². The van der Waals surface area contributed by atoms with Crippen LogP contribution in [0.2, 0.25) is 5.02 Å². The van der Waals surface area contributed by atoms with Crippen LogP contribution >= 0.6 is 11.6 Å². The van der Waals surface area contributed by atoms with Crippen molar-refractivity contribution in [2.75, 3.05) is 7.05 Å². The summed E-state index contributed by atoms with van der Waals surface area (Å²) in [5.41, 5.74) is 3.52. The Morgan fingerprint density at radius 3 is 2.45 bits per heavy atom. The molecular formula is C18H16ClFN2. The lowest BCUT2D eigenvalue weighted by molar-refractivity contribution is 0.479. The monoisotopic (exact) mass is 314 g/mol. The molecule has 0 saturated carbocycles. The Labute approximate surface area is 134 Å². The molecule has 3 rings (SSSR count). The van der Waals surface area contributed by atoms with Gasteiger partial charge in [-0.3, -0.25) is 5.01 Å². The minimum absolute atomic E-state index is 0.196. The van der Waals surface area contributed by atoms with Crippen molar-refractivity contribution in [1.29, 1.82) is 0 Å². The van der Waals surface area contributed by atoms with Gasteiger partial charge in [0.25, 0.3) is 0 Å². The molecule has 0 N–H and O–H groups in total. The van der Waals surface area contributed by atoms with Gasteiger partial charge in [0.1, 0.15) is 5.82 Å². The lowest BCUT2D eigenvalue weighted by atomic mass is 9.83. The summed E-state index contributed by atoms with van der Waals surface area (Å²) in [6.45, 7) is 1.93. The van der Waals surface area contributed by atoms with Gasteiger partial charge in [-0.1, -0.05) is 41.9 Å². The minimum atomic E-state index is -0.216. The highest BCUT2D eigenvalue weighted by molar-refractivity contribution is 6.30. The summed E-state index contributed by atoms with van der Waals surface area (Å²) in [6.07, 6.45) is 1.94. The molecule has 1 unspecified atom stereocenters. The van der Waals surface area contributed by atoms with E-state index in [-0.39, 0.29) is 11.7 Å². The van der Waals surface area contributed by atoms with E-state index in [9.17, 15) is 4.39 Å². The minimum Gasteiger partial charge on any atom is -0.276 e. The van der Waals surface area contributed by atoms with Crippen LogP contribution in [0.4, 0.5) is 4.39 Å². The number of hydrogen-bond acceptors (Lipinski definition) is 2. The summed E-state index contributed by atoms with van der Waals surface area (Å²) in [4.78, 5) is 0. The molecule has 2 aromatic carbocycles. The molecule has 1 atom stereocenters. The Kier molecular flexibility index (Phi) is 3.99. The van der Waals surface area contributed by atoms with Crippen LogP contribution in [0.25, 0.3) is 5.57 Å². The molecule has 0 fully saturated rings. The molecule has 0 radical (unpaired) electrons. The van der Waals surface area contributed by atoms with Crippen molar-refractivity contribution in [3.63, 3.8) is 0 Å². The Balaban J connectivity index is 2.12. The number of hydrogen-bond donors (Lipinski definition) is 0. The summed E-state index contributed by atoms with van der Waals surface area (Å²) in [5.74, 6) is -0.412. The maximum absolute atomic E-state index is 14.3. The van der Waals surface area contributed by atoms with Gasteiger partial charge in [0.2, 0.25) is 0 Å². The van der Waals surface area contributed by atoms with Gasteiger partial charge in [-0.15, -0.1) is 0 Å². The first kappa shape index (κ1) is 14.8. The molecule has 0 amide bonds. The van der Waals surface area contributed by atoms with Gasteiger partial charge >= 0.3 is 0 Å². The van der Waals surface area contributed by atoms with E-state index in [1.54, 1.807) is 11.1 Å². The number of halogens is 2. The number of rotatable bonds is 2. The molecule has 22 heavy (non-hydrogen) atoms. The predicted octanol–water partition coefficient (Wildman–Crippen LogP) is 4.93. The van der Waals surface area contributed by atoms with Crippen molar-refractivity contribution in [1.82, 2.24) is 5.01 Å². The highest BCUT2D eigenvalue weighted by Gasteiger charge is 2.27. The Morgan fingerprint density at radius 2 is 1.77 bits per heavy atom. The average molecular weight is 315 g/mol. The van der Waals surface area contributed by atoms with E-state index in [1.165, 1.54) is 6.07 Å². The van der Waals surface area contributed by atoms with E-state index >= 15 is 0 Å². The van der Waals surface area contributed by atoms with Crippen molar-refractivity contribution in [2.45, 2.75) is 12.8 Å². The highest BCUT2D eigenvalue weighted by Crippen LogP contribution is 2.37. The molecule has 0 bridgehead atoms. The van der Waals surface area contributed by atoms with Gasteiger partial charge in [-0.2, -0.15) is 5.10 Å². The van der Waals surface area contributed by atoms with Crippen LogP contribution in [0.1, 0.15) is 24.0 Å². The highest BCUT2D eigenvalue weighted by atomic mass is 35.5. The fraction of sp³-hybridized carbons (Fsp3) is 0.167. The van der Waals surface area contributed by atoms with Crippen LogP contribution in [0, 0.1) is 5.82 Å². The van der Waals surface area contributed by atoms with E-state index in [2.05, 4.69) is 5.10 Å². The fourth-order valence-electron chi connectivity index (χ4n) is 2.82. The Hall–Kier alpha value is -2.13. The van der Waals surface area contributed by atoms with Gasteiger partial charge in [0.15, 0.2) is 0 Å². The smallest absolute Gasteiger partial charge is 0.127 e. The molecule has 4 heteroatoms. The summed E-state index contributed by atoms with van der Waals surface area (Å²) < 4.78 is 14.3. The largest absolute Gasteiger partial charge is 0.276 e. The van der Waals surface area contributed by atoms with Crippen LogP contribution in [0.3, 0.4) is 0 Å². The van der Waals surface area contributed by atoms with E-state index in [1.807, 2.05) is 56.6 Å². The first-order chi connectivity index (χ1) is 10.6. The zero-order valence-corrected chi connectivity index (χ0v) is 13.2. The maximum Gasteiger partial charge on any atom is 0.127 e. The zero-order chi connectivity index (χ0) is 15.7. The van der Waals surface area contributed by atoms with Crippen molar-refractivity contribution in [2.24, 2.45) is 5.10 Å². The molecule has 0 aliphatic carbocycles. The number of hydrazone groups is 1. The average Bonchev–Trinajstić information content (AvgIpc) is 2.48. The van der Waals surface area contributed by atoms with Gasteiger partial charge < -0.3 is 0 Å². The lowest BCUT2D eigenvalue weighted by Gasteiger charge is -2.28. The van der Waals surface area contributed by atoms with E-state index in [4.69, 9.17) is 11.6 Å². The first-order valence-electron chi connectivity index (χ1n) is 7.06. The van der Waals surface area contributed by atoms with E-state index < -0.39 is 0 Å². The Morgan fingerprint density at radius 1 is 1.09 bits per heavy atom. The third-order valence-electron chi connectivity index (χ3n) is 3.76. The van der Waals surface area contributed by atoms with Crippen LogP contribution in [-0.4, -0.2) is 17.8 Å². The molecular weight excluding hydrogens is 299 g/mol. The summed E-state index contributed by atoms with van der Waals surface area (Å²) in [7, 11) is 1.87. The van der Waals surface area contributed by atoms with Gasteiger partial charge in [-0.05, 0) is 36.3 Å². The molecule has 1 aliphatic heterocycles. The molecule has 2 aromatic rings.